The molecule has 0 saturated carbocycles. The van der Waals surface area contributed by atoms with Crippen LogP contribution in [-0.4, -0.2) is 45.6 Å². The van der Waals surface area contributed by atoms with E-state index in [4.69, 9.17) is 5.84 Å². The van der Waals surface area contributed by atoms with E-state index in [-0.39, 0.29) is 5.56 Å². The van der Waals surface area contributed by atoms with Crippen LogP contribution >= 0.6 is 0 Å². The van der Waals surface area contributed by atoms with Gasteiger partial charge in [0.1, 0.15) is 11.0 Å². The van der Waals surface area contributed by atoms with E-state index in [1.165, 1.54) is 6.20 Å². The monoisotopic (exact) mass is 249 g/mol. The van der Waals surface area contributed by atoms with Crippen LogP contribution in [-0.2, 0) is 7.05 Å². The summed E-state index contributed by atoms with van der Waals surface area (Å²) < 4.78 is 1.79. The number of aryl methyl sites for hydroxylation is 1. The van der Waals surface area contributed by atoms with Gasteiger partial charge in [-0.1, -0.05) is 0 Å². The maximum atomic E-state index is 11.9. The van der Waals surface area contributed by atoms with E-state index >= 15 is 0 Å². The number of nitrogen functional groups attached to an aromatic ring is 1. The molecule has 1 aliphatic heterocycles. The highest BCUT2D eigenvalue weighted by Crippen LogP contribution is 2.17. The number of nitrogens with zero attached hydrogens (tertiary/aromatic N) is 5. The van der Waals surface area contributed by atoms with Crippen LogP contribution in [0.2, 0.25) is 0 Å². The zero-order valence-corrected chi connectivity index (χ0v) is 10.1. The second kappa shape index (κ2) is 3.98. The fraction of sp³-hybridized carbons (Fsp3) is 0.500. The molecule has 0 aromatic carbocycles. The summed E-state index contributed by atoms with van der Waals surface area (Å²) in [5.74, 6) is 6.26. The molecule has 3 rings (SSSR count). The van der Waals surface area contributed by atoms with E-state index in [0.29, 0.717) is 11.0 Å². The number of fused-ring (bicyclic) bond motifs is 1. The highest BCUT2D eigenvalue weighted by atomic mass is 16.1. The van der Waals surface area contributed by atoms with Crippen molar-refractivity contribution in [2.45, 2.75) is 0 Å². The second-order valence-electron chi connectivity index (χ2n) is 4.34. The van der Waals surface area contributed by atoms with Gasteiger partial charge in [0.25, 0.3) is 0 Å². The summed E-state index contributed by atoms with van der Waals surface area (Å²) in [6, 6.07) is 0. The number of hydrogen-bond donors (Lipinski definition) is 2. The molecule has 0 spiro atoms. The van der Waals surface area contributed by atoms with Gasteiger partial charge < -0.3 is 20.6 Å². The summed E-state index contributed by atoms with van der Waals surface area (Å²) >= 11 is 0. The molecule has 0 unspecified atom stereocenters. The standard InChI is InChI=1S/C10H15N7O/c1-15-8-7(6-13-17(11)9(8)18)14-10(15)16-4-2-12-3-5-16/h6,12H,2-5,11H2,1H3. The highest BCUT2D eigenvalue weighted by Gasteiger charge is 2.19. The largest absolute Gasteiger partial charge is 0.340 e. The number of hydrogen-bond acceptors (Lipinski definition) is 6. The van der Waals surface area contributed by atoms with Crippen LogP contribution in [0.25, 0.3) is 11.0 Å². The molecule has 8 heteroatoms. The molecule has 3 heterocycles. The molecule has 18 heavy (non-hydrogen) atoms. The van der Waals surface area contributed by atoms with Crippen molar-refractivity contribution in [3.63, 3.8) is 0 Å². The molecule has 1 fully saturated rings. The number of aromatic nitrogens is 4. The quantitative estimate of drug-likeness (QED) is 0.582. The predicted molar refractivity (Wildman–Crippen MR) is 68.0 cm³/mol. The van der Waals surface area contributed by atoms with Gasteiger partial charge in [-0.2, -0.15) is 5.10 Å². The van der Waals surface area contributed by atoms with Gasteiger partial charge in [0.05, 0.1) is 6.20 Å². The van der Waals surface area contributed by atoms with Gasteiger partial charge in [0.15, 0.2) is 0 Å². The van der Waals surface area contributed by atoms with E-state index in [1.807, 2.05) is 7.05 Å². The number of nitrogens with one attached hydrogen (secondary N) is 1. The molecule has 0 amide bonds. The molecule has 1 saturated heterocycles. The average molecular weight is 249 g/mol. The topological polar surface area (TPSA) is 94.0 Å². The number of imidazole rings is 1. The lowest BCUT2D eigenvalue weighted by Gasteiger charge is -2.28. The predicted octanol–water partition coefficient (Wildman–Crippen LogP) is -1.75. The molecule has 0 bridgehead atoms. The van der Waals surface area contributed by atoms with Crippen molar-refractivity contribution in [2.75, 3.05) is 36.9 Å². The smallest absolute Gasteiger partial charge is 0.311 e. The molecule has 0 aliphatic carbocycles. The van der Waals surface area contributed by atoms with Crippen molar-refractivity contribution in [2.24, 2.45) is 7.05 Å². The number of rotatable bonds is 1. The Morgan fingerprint density at radius 2 is 2.11 bits per heavy atom. The number of piperazine rings is 1. The van der Waals surface area contributed by atoms with Gasteiger partial charge in [0.2, 0.25) is 5.95 Å². The van der Waals surface area contributed by atoms with Gasteiger partial charge >= 0.3 is 5.56 Å². The summed E-state index contributed by atoms with van der Waals surface area (Å²) in [7, 11) is 1.83. The lowest BCUT2D eigenvalue weighted by molar-refractivity contribution is 0.575. The molecular formula is C10H15N7O. The van der Waals surface area contributed by atoms with Crippen LogP contribution in [0, 0.1) is 0 Å². The third-order valence-electron chi connectivity index (χ3n) is 3.21. The van der Waals surface area contributed by atoms with Crippen molar-refractivity contribution in [3.8, 4) is 0 Å². The molecule has 0 radical (unpaired) electrons. The summed E-state index contributed by atoms with van der Waals surface area (Å²) in [5, 5.41) is 7.06. The van der Waals surface area contributed by atoms with Gasteiger partial charge in [0, 0.05) is 33.2 Å². The molecule has 2 aromatic heterocycles. The van der Waals surface area contributed by atoms with Gasteiger partial charge in [-0.15, -0.1) is 4.79 Å². The zero-order valence-electron chi connectivity index (χ0n) is 10.1. The minimum atomic E-state index is -0.330. The SMILES string of the molecule is Cn1c(N2CCNCC2)nc2cnn(N)c(=O)c21. The first kappa shape index (κ1) is 11.0. The minimum absolute atomic E-state index is 0.330. The maximum absolute atomic E-state index is 11.9. The van der Waals surface area contributed by atoms with Crippen LogP contribution in [0.1, 0.15) is 0 Å². The van der Waals surface area contributed by atoms with Crippen LogP contribution in [0.5, 0.6) is 0 Å². The van der Waals surface area contributed by atoms with E-state index in [0.717, 1.165) is 36.9 Å². The summed E-state index contributed by atoms with van der Waals surface area (Å²) in [4.78, 5) is 19.4. The number of anilines is 1. The first-order valence-electron chi connectivity index (χ1n) is 5.84. The Kier molecular flexibility index (Phi) is 2.44. The highest BCUT2D eigenvalue weighted by molar-refractivity contribution is 5.76. The van der Waals surface area contributed by atoms with Crippen molar-refractivity contribution in [1.82, 2.24) is 24.8 Å². The van der Waals surface area contributed by atoms with E-state index in [9.17, 15) is 4.79 Å². The fourth-order valence-electron chi connectivity index (χ4n) is 2.28. The maximum Gasteiger partial charge on any atom is 0.311 e. The van der Waals surface area contributed by atoms with Crippen molar-refractivity contribution >= 4 is 17.0 Å². The van der Waals surface area contributed by atoms with Crippen LogP contribution in [0.4, 0.5) is 5.95 Å². The third-order valence-corrected chi connectivity index (χ3v) is 3.21. The average Bonchev–Trinajstić information content (AvgIpc) is 2.73. The second-order valence-corrected chi connectivity index (χ2v) is 4.34. The molecule has 0 atom stereocenters. The lowest BCUT2D eigenvalue weighted by atomic mass is 10.4. The fourth-order valence-corrected chi connectivity index (χ4v) is 2.28. The molecule has 96 valence electrons. The van der Waals surface area contributed by atoms with E-state index in [2.05, 4.69) is 20.3 Å². The van der Waals surface area contributed by atoms with Gasteiger partial charge in [-0.05, 0) is 0 Å². The first-order chi connectivity index (χ1) is 8.68. The molecular weight excluding hydrogens is 234 g/mol. The van der Waals surface area contributed by atoms with Gasteiger partial charge in [-0.3, -0.25) is 4.79 Å². The summed E-state index contributed by atoms with van der Waals surface area (Å²) in [6.07, 6.45) is 1.52. The molecule has 2 aromatic rings. The minimum Gasteiger partial charge on any atom is -0.340 e. The first-order valence-corrected chi connectivity index (χ1v) is 5.84. The Morgan fingerprint density at radius 1 is 1.39 bits per heavy atom. The van der Waals surface area contributed by atoms with Gasteiger partial charge in [-0.25, -0.2) is 4.98 Å². The Hall–Kier alpha value is -2.09. The van der Waals surface area contributed by atoms with Crippen molar-refractivity contribution < 1.29 is 0 Å². The zero-order chi connectivity index (χ0) is 12.7. The summed E-state index contributed by atoms with van der Waals surface area (Å²) in [5.41, 5.74) is 0.739. The number of nitrogens with two attached hydrogens (primary N) is 1. The molecule has 8 nitrogen and oxygen atoms in total. The van der Waals surface area contributed by atoms with Crippen LogP contribution in [0.3, 0.4) is 0 Å². The third kappa shape index (κ3) is 1.53. The van der Waals surface area contributed by atoms with Crippen molar-refractivity contribution in [1.29, 1.82) is 0 Å². The normalized spacial score (nSPS) is 16.4. The lowest BCUT2D eigenvalue weighted by Crippen LogP contribution is -2.44. The summed E-state index contributed by atoms with van der Waals surface area (Å²) in [6.45, 7) is 3.59. The van der Waals surface area contributed by atoms with Crippen molar-refractivity contribution in [3.05, 3.63) is 16.6 Å². The van der Waals surface area contributed by atoms with Crippen LogP contribution < -0.4 is 21.6 Å². The Bertz CT molecular complexity index is 637. The Morgan fingerprint density at radius 3 is 2.83 bits per heavy atom. The molecule has 3 N–H and O–H groups in total. The molecule has 1 aliphatic rings. The van der Waals surface area contributed by atoms with E-state index in [1.54, 1.807) is 4.57 Å². The Balaban J connectivity index is 2.16. The van der Waals surface area contributed by atoms with E-state index < -0.39 is 0 Å². The van der Waals surface area contributed by atoms with Crippen LogP contribution in [0.15, 0.2) is 11.0 Å². The Labute approximate surface area is 103 Å².